The summed E-state index contributed by atoms with van der Waals surface area (Å²) < 4.78 is 16.2. The number of hydrogen-bond acceptors (Lipinski definition) is 4. The van der Waals surface area contributed by atoms with Crippen LogP contribution < -0.4 is 19.5 Å². The van der Waals surface area contributed by atoms with Crippen LogP contribution in [0, 0.1) is 5.41 Å². The summed E-state index contributed by atoms with van der Waals surface area (Å²) >= 11 is 0. The minimum atomic E-state index is -0.475. The minimum Gasteiger partial charge on any atom is -0.496 e. The van der Waals surface area contributed by atoms with Crippen LogP contribution in [0.3, 0.4) is 0 Å². The van der Waals surface area contributed by atoms with Crippen molar-refractivity contribution >= 4 is 11.6 Å². The third-order valence-electron chi connectivity index (χ3n) is 6.88. The van der Waals surface area contributed by atoms with Crippen LogP contribution in [0.25, 0.3) is 0 Å². The van der Waals surface area contributed by atoms with Gasteiger partial charge in [-0.25, -0.2) is 0 Å². The lowest BCUT2D eigenvalue weighted by atomic mass is 9.85. The highest BCUT2D eigenvalue weighted by molar-refractivity contribution is 5.97. The Morgan fingerprint density at radius 1 is 0.750 bits per heavy atom. The fraction of sp³-hybridized carbons (Fsp3) is 0.710. The zero-order valence-corrected chi connectivity index (χ0v) is 24.0. The van der Waals surface area contributed by atoms with Crippen LogP contribution >= 0.6 is 0 Å². The number of hydrogen-bond donors (Lipinski definition) is 1. The highest BCUT2D eigenvalue weighted by atomic mass is 16.5. The minimum absolute atomic E-state index is 0.0305. The van der Waals surface area contributed by atoms with E-state index in [1.807, 2.05) is 13.8 Å². The van der Waals surface area contributed by atoms with Gasteiger partial charge < -0.3 is 19.5 Å². The molecule has 1 rings (SSSR count). The van der Waals surface area contributed by atoms with Gasteiger partial charge in [0, 0.05) is 17.5 Å². The number of rotatable bonds is 21. The second kappa shape index (κ2) is 19.0. The van der Waals surface area contributed by atoms with Crippen molar-refractivity contribution in [3.05, 3.63) is 24.3 Å². The molecule has 0 fully saturated rings. The number of anilines is 1. The molecule has 0 spiro atoms. The van der Waals surface area contributed by atoms with Gasteiger partial charge in [0.15, 0.2) is 0 Å². The Bertz CT molecular complexity index is 732. The van der Waals surface area contributed by atoms with Crippen LogP contribution in [-0.4, -0.2) is 27.2 Å². The van der Waals surface area contributed by atoms with Gasteiger partial charge >= 0.3 is 0 Å². The van der Waals surface area contributed by atoms with Gasteiger partial charge in [-0.3, -0.25) is 4.79 Å². The summed E-state index contributed by atoms with van der Waals surface area (Å²) in [7, 11) is 4.73. The van der Waals surface area contributed by atoms with Gasteiger partial charge in [-0.15, -0.1) is 0 Å². The molecule has 0 saturated heterocycles. The van der Waals surface area contributed by atoms with Gasteiger partial charge in [0.05, 0.1) is 21.3 Å². The largest absolute Gasteiger partial charge is 0.496 e. The number of ether oxygens (including phenoxy) is 3. The van der Waals surface area contributed by atoms with Crippen LogP contribution in [0.5, 0.6) is 17.2 Å². The van der Waals surface area contributed by atoms with Crippen LogP contribution in [0.2, 0.25) is 0 Å². The van der Waals surface area contributed by atoms with Gasteiger partial charge in [0.25, 0.3) is 0 Å². The van der Waals surface area contributed by atoms with Gasteiger partial charge in [-0.05, 0) is 32.1 Å². The molecule has 0 aromatic heterocycles. The summed E-state index contributed by atoms with van der Waals surface area (Å²) in [5, 5.41) is 3.03. The topological polar surface area (TPSA) is 56.8 Å². The predicted octanol–water partition coefficient (Wildman–Crippen LogP) is 9.10. The van der Waals surface area contributed by atoms with Crippen molar-refractivity contribution in [1.82, 2.24) is 0 Å². The smallest absolute Gasteiger partial charge is 0.230 e. The van der Waals surface area contributed by atoms with E-state index in [2.05, 4.69) is 24.4 Å². The lowest BCUT2D eigenvalue weighted by molar-refractivity contribution is -0.124. The van der Waals surface area contributed by atoms with E-state index in [-0.39, 0.29) is 5.91 Å². The van der Waals surface area contributed by atoms with E-state index in [1.54, 1.807) is 33.5 Å². The number of allylic oxidation sites excluding steroid dienone is 2. The first kappa shape index (κ1) is 31.9. The second-order valence-corrected chi connectivity index (χ2v) is 10.4. The Morgan fingerprint density at radius 2 is 1.22 bits per heavy atom. The lowest BCUT2D eigenvalue weighted by Gasteiger charge is -2.25. The van der Waals surface area contributed by atoms with Crippen LogP contribution in [0.1, 0.15) is 117 Å². The molecule has 0 atom stereocenters. The quantitative estimate of drug-likeness (QED) is 0.134. The molecular weight excluding hydrogens is 450 g/mol. The Kier molecular flexibility index (Phi) is 16.8. The van der Waals surface area contributed by atoms with Crippen molar-refractivity contribution in [1.29, 1.82) is 0 Å². The van der Waals surface area contributed by atoms with Crippen molar-refractivity contribution < 1.29 is 19.0 Å². The third kappa shape index (κ3) is 12.7. The molecule has 206 valence electrons. The molecule has 36 heavy (non-hydrogen) atoms. The molecule has 0 aliphatic heterocycles. The fourth-order valence-corrected chi connectivity index (χ4v) is 4.34. The maximum atomic E-state index is 13.1. The Labute approximate surface area is 221 Å². The first-order valence-corrected chi connectivity index (χ1v) is 14.2. The van der Waals surface area contributed by atoms with E-state index in [1.165, 1.54) is 83.5 Å². The molecular formula is C31H53NO4. The van der Waals surface area contributed by atoms with Crippen LogP contribution in [0.4, 0.5) is 5.69 Å². The molecule has 0 aliphatic carbocycles. The van der Waals surface area contributed by atoms with Crippen molar-refractivity contribution in [3.63, 3.8) is 0 Å². The number of unbranched alkanes of at least 4 members (excludes halogenated alkanes) is 12. The Hall–Kier alpha value is -2.17. The molecule has 0 unspecified atom stereocenters. The summed E-state index contributed by atoms with van der Waals surface area (Å²) in [6.07, 6.45) is 23.6. The van der Waals surface area contributed by atoms with Gasteiger partial charge in [0.2, 0.25) is 5.91 Å². The summed E-state index contributed by atoms with van der Waals surface area (Å²) in [5.74, 6) is 1.63. The third-order valence-corrected chi connectivity index (χ3v) is 6.88. The van der Waals surface area contributed by atoms with Crippen molar-refractivity contribution in [2.45, 2.75) is 117 Å². The number of carbonyl (C=O) groups excluding carboxylic acids is 1. The maximum absolute atomic E-state index is 13.1. The van der Waals surface area contributed by atoms with E-state index in [0.29, 0.717) is 22.9 Å². The number of methoxy groups -OCH3 is 3. The van der Waals surface area contributed by atoms with E-state index in [4.69, 9.17) is 14.2 Å². The highest BCUT2D eigenvalue weighted by Gasteiger charge is 2.29. The first-order chi connectivity index (χ1) is 17.4. The predicted molar refractivity (Wildman–Crippen MR) is 153 cm³/mol. The van der Waals surface area contributed by atoms with E-state index < -0.39 is 5.41 Å². The zero-order chi connectivity index (χ0) is 26.7. The average molecular weight is 504 g/mol. The highest BCUT2D eigenvalue weighted by Crippen LogP contribution is 2.40. The van der Waals surface area contributed by atoms with Gasteiger partial charge in [-0.2, -0.15) is 0 Å². The van der Waals surface area contributed by atoms with Crippen molar-refractivity contribution in [2.24, 2.45) is 5.41 Å². The van der Waals surface area contributed by atoms with Gasteiger partial charge in [0.1, 0.15) is 22.9 Å². The van der Waals surface area contributed by atoms with E-state index in [9.17, 15) is 4.79 Å². The SMILES string of the molecule is CCCCCCCCC=CCCCCCCCCC(C)(C)C(=O)Nc1c(OC)cc(OC)cc1OC. The molecule has 0 radical (unpaired) electrons. The molecule has 0 aliphatic rings. The molecule has 0 heterocycles. The maximum Gasteiger partial charge on any atom is 0.230 e. The van der Waals surface area contributed by atoms with Crippen molar-refractivity contribution in [2.75, 3.05) is 26.6 Å². The second-order valence-electron chi connectivity index (χ2n) is 10.4. The molecule has 5 heteroatoms. The number of benzene rings is 1. The first-order valence-electron chi connectivity index (χ1n) is 14.2. The summed E-state index contributed by atoms with van der Waals surface area (Å²) in [5.41, 5.74) is 0.0661. The zero-order valence-electron chi connectivity index (χ0n) is 24.0. The molecule has 0 bridgehead atoms. The van der Waals surface area contributed by atoms with Crippen molar-refractivity contribution in [3.8, 4) is 17.2 Å². The van der Waals surface area contributed by atoms with E-state index in [0.717, 1.165) is 12.8 Å². The number of carbonyl (C=O) groups is 1. The lowest BCUT2D eigenvalue weighted by Crippen LogP contribution is -2.31. The summed E-state index contributed by atoms with van der Waals surface area (Å²) in [6, 6.07) is 3.49. The standard InChI is InChI=1S/C31H53NO4/c1-7-8-9-10-11-12-13-14-15-16-17-18-19-20-21-22-23-31(2,3)30(33)32-29-27(35-5)24-26(34-4)25-28(29)36-6/h14-15,24-25H,7-13,16-23H2,1-6H3,(H,32,33). The average Bonchev–Trinajstić information content (AvgIpc) is 2.88. The molecule has 1 amide bonds. The molecule has 0 saturated carbocycles. The molecule has 1 aromatic rings. The van der Waals surface area contributed by atoms with Crippen LogP contribution in [0.15, 0.2) is 24.3 Å². The fourth-order valence-electron chi connectivity index (χ4n) is 4.34. The van der Waals surface area contributed by atoms with E-state index >= 15 is 0 Å². The monoisotopic (exact) mass is 503 g/mol. The summed E-state index contributed by atoms with van der Waals surface area (Å²) in [6.45, 7) is 6.27. The molecule has 5 nitrogen and oxygen atoms in total. The molecule has 1 N–H and O–H groups in total. The van der Waals surface area contributed by atoms with Gasteiger partial charge in [-0.1, -0.05) is 97.1 Å². The Morgan fingerprint density at radius 3 is 1.69 bits per heavy atom. The number of amides is 1. The normalized spacial score (nSPS) is 11.6. The van der Waals surface area contributed by atoms with Crippen LogP contribution in [-0.2, 0) is 4.79 Å². The Balaban J connectivity index is 2.23. The molecule has 1 aromatic carbocycles. The number of nitrogens with one attached hydrogen (secondary N) is 1. The summed E-state index contributed by atoms with van der Waals surface area (Å²) in [4.78, 5) is 13.1.